The molecule has 1 aliphatic carbocycles. The minimum absolute atomic E-state index is 0.115. The summed E-state index contributed by atoms with van der Waals surface area (Å²) in [5.74, 6) is 0.463. The Morgan fingerprint density at radius 1 is 1.16 bits per heavy atom. The fraction of sp³-hybridized carbons (Fsp3) is 0.652. The van der Waals surface area contributed by atoms with Crippen molar-refractivity contribution in [3.05, 3.63) is 29.2 Å². The number of hydrogen-bond acceptors (Lipinski definition) is 5. The first-order valence-electron chi connectivity index (χ1n) is 11.3. The number of aromatic nitrogens is 3. The van der Waals surface area contributed by atoms with Gasteiger partial charge < -0.3 is 15.0 Å². The number of nitrogens with zero attached hydrogens (tertiary/aromatic N) is 4. The van der Waals surface area contributed by atoms with Crippen molar-refractivity contribution in [3.8, 4) is 0 Å². The summed E-state index contributed by atoms with van der Waals surface area (Å²) in [5.41, 5.74) is 3.30. The number of piperidine rings is 1. The summed E-state index contributed by atoms with van der Waals surface area (Å²) in [5, 5.41) is 7.48. The van der Waals surface area contributed by atoms with Crippen LogP contribution in [0.2, 0.25) is 0 Å². The van der Waals surface area contributed by atoms with Crippen molar-refractivity contribution in [1.82, 2.24) is 24.8 Å². The molecule has 2 fully saturated rings. The highest BCUT2D eigenvalue weighted by Crippen LogP contribution is 2.39. The number of amides is 2. The van der Waals surface area contributed by atoms with Crippen LogP contribution in [0, 0.1) is 6.92 Å². The largest absolute Gasteiger partial charge is 0.444 e. The van der Waals surface area contributed by atoms with E-state index in [0.29, 0.717) is 12.5 Å². The molecular formula is C23H33N5O3. The average Bonchev–Trinajstić information content (AvgIpc) is 3.45. The summed E-state index contributed by atoms with van der Waals surface area (Å²) in [4.78, 5) is 32.0. The molecule has 0 aromatic carbocycles. The summed E-state index contributed by atoms with van der Waals surface area (Å²) >= 11 is 0. The molecule has 0 bridgehead atoms. The highest BCUT2D eigenvalue weighted by molar-refractivity contribution is 5.85. The van der Waals surface area contributed by atoms with Gasteiger partial charge in [-0.25, -0.2) is 14.3 Å². The third-order valence-corrected chi connectivity index (χ3v) is 5.87. The van der Waals surface area contributed by atoms with Crippen LogP contribution in [0.4, 0.5) is 4.79 Å². The van der Waals surface area contributed by atoms with Gasteiger partial charge in [0.1, 0.15) is 11.6 Å². The molecule has 31 heavy (non-hydrogen) atoms. The smallest absolute Gasteiger partial charge is 0.408 e. The number of hydrogen-bond donors (Lipinski definition) is 1. The second-order valence-corrected chi connectivity index (χ2v) is 9.85. The molecule has 8 nitrogen and oxygen atoms in total. The van der Waals surface area contributed by atoms with E-state index in [2.05, 4.69) is 11.4 Å². The summed E-state index contributed by atoms with van der Waals surface area (Å²) in [6, 6.07) is 3.35. The molecular weight excluding hydrogens is 394 g/mol. The van der Waals surface area contributed by atoms with Gasteiger partial charge in [0, 0.05) is 29.9 Å². The number of rotatable bonds is 4. The maximum absolute atomic E-state index is 13.2. The lowest BCUT2D eigenvalue weighted by molar-refractivity contribution is -0.137. The first kappa shape index (κ1) is 21.6. The standard InChI is InChI=1S/C23H33N5O3/c1-14-12-17(16-9-10-16)25-20-13-18(26-28(14)20)19-8-6-7-11-27(19)21(29)15(2)24-22(30)31-23(3,4)5/h12-13,15-16,19H,6-11H2,1-5H3,(H,24,30)/t15?,19-/m0/s1. The van der Waals surface area contributed by atoms with Crippen LogP contribution in [0.25, 0.3) is 5.65 Å². The summed E-state index contributed by atoms with van der Waals surface area (Å²) in [7, 11) is 0. The molecule has 168 valence electrons. The first-order chi connectivity index (χ1) is 14.6. The topological polar surface area (TPSA) is 88.8 Å². The molecule has 2 amide bonds. The molecule has 4 rings (SSSR count). The van der Waals surface area contributed by atoms with E-state index >= 15 is 0 Å². The van der Waals surface area contributed by atoms with Crippen LogP contribution in [-0.4, -0.2) is 49.7 Å². The highest BCUT2D eigenvalue weighted by Gasteiger charge is 2.34. The Balaban J connectivity index is 1.53. The van der Waals surface area contributed by atoms with E-state index in [1.54, 1.807) is 27.7 Å². The Morgan fingerprint density at radius 2 is 1.90 bits per heavy atom. The van der Waals surface area contributed by atoms with Crippen LogP contribution in [0.15, 0.2) is 12.1 Å². The molecule has 1 aliphatic heterocycles. The Hall–Kier alpha value is -2.64. The number of carbonyl (C=O) groups is 2. The van der Waals surface area contributed by atoms with E-state index in [1.807, 2.05) is 22.4 Å². The number of nitrogens with one attached hydrogen (secondary N) is 1. The Labute approximate surface area is 183 Å². The lowest BCUT2D eigenvalue weighted by atomic mass is 9.98. The van der Waals surface area contributed by atoms with E-state index in [1.165, 1.54) is 12.8 Å². The minimum atomic E-state index is -0.672. The molecule has 0 spiro atoms. The first-order valence-corrected chi connectivity index (χ1v) is 11.3. The van der Waals surface area contributed by atoms with Crippen molar-refractivity contribution in [3.63, 3.8) is 0 Å². The summed E-state index contributed by atoms with van der Waals surface area (Å²) in [6.45, 7) is 9.80. The van der Waals surface area contributed by atoms with E-state index in [0.717, 1.165) is 42.0 Å². The van der Waals surface area contributed by atoms with Crippen molar-refractivity contribution < 1.29 is 14.3 Å². The lowest BCUT2D eigenvalue weighted by Gasteiger charge is -2.36. The van der Waals surface area contributed by atoms with E-state index < -0.39 is 17.7 Å². The summed E-state index contributed by atoms with van der Waals surface area (Å²) in [6.07, 6.45) is 4.66. The van der Waals surface area contributed by atoms with Gasteiger partial charge >= 0.3 is 6.09 Å². The molecule has 3 heterocycles. The second kappa shape index (κ2) is 8.13. The fourth-order valence-corrected chi connectivity index (χ4v) is 4.22. The second-order valence-electron chi connectivity index (χ2n) is 9.85. The molecule has 1 saturated heterocycles. The summed E-state index contributed by atoms with van der Waals surface area (Å²) < 4.78 is 7.18. The van der Waals surface area contributed by atoms with E-state index in [9.17, 15) is 9.59 Å². The van der Waals surface area contributed by atoms with Gasteiger partial charge in [0.15, 0.2) is 5.65 Å². The van der Waals surface area contributed by atoms with Crippen molar-refractivity contribution in [2.45, 2.75) is 90.3 Å². The van der Waals surface area contributed by atoms with Gasteiger partial charge in [0.25, 0.3) is 0 Å². The van der Waals surface area contributed by atoms with Gasteiger partial charge in [-0.15, -0.1) is 0 Å². The number of fused-ring (bicyclic) bond motifs is 1. The SMILES string of the molecule is Cc1cc(C2CC2)nc2cc([C@@H]3CCCCN3C(=O)C(C)NC(=O)OC(C)(C)C)nn12. The zero-order valence-electron chi connectivity index (χ0n) is 19.1. The monoisotopic (exact) mass is 427 g/mol. The fourth-order valence-electron chi connectivity index (χ4n) is 4.22. The average molecular weight is 428 g/mol. The number of carbonyl (C=O) groups excluding carboxylic acids is 2. The van der Waals surface area contributed by atoms with Crippen molar-refractivity contribution in [2.24, 2.45) is 0 Å². The van der Waals surface area contributed by atoms with E-state index in [-0.39, 0.29) is 11.9 Å². The van der Waals surface area contributed by atoms with Crippen LogP contribution >= 0.6 is 0 Å². The zero-order chi connectivity index (χ0) is 22.3. The molecule has 1 N–H and O–H groups in total. The van der Waals surface area contributed by atoms with Crippen LogP contribution in [0.1, 0.15) is 88.8 Å². The number of likely N-dealkylation sites (tertiary alicyclic amines) is 1. The third kappa shape index (κ3) is 4.83. The lowest BCUT2D eigenvalue weighted by Crippen LogP contribution is -2.50. The molecule has 0 radical (unpaired) electrons. The van der Waals surface area contributed by atoms with Crippen molar-refractivity contribution in [1.29, 1.82) is 0 Å². The highest BCUT2D eigenvalue weighted by atomic mass is 16.6. The quantitative estimate of drug-likeness (QED) is 0.800. The molecule has 8 heteroatoms. The number of aryl methyl sites for hydroxylation is 1. The molecule has 2 aliphatic rings. The maximum atomic E-state index is 13.2. The van der Waals surface area contributed by atoms with Gasteiger partial charge in [-0.1, -0.05) is 0 Å². The maximum Gasteiger partial charge on any atom is 0.408 e. The predicted molar refractivity (Wildman–Crippen MR) is 117 cm³/mol. The minimum Gasteiger partial charge on any atom is -0.444 e. The van der Waals surface area contributed by atoms with Gasteiger partial charge in [-0.05, 0) is 72.8 Å². The van der Waals surface area contributed by atoms with Gasteiger partial charge in [-0.2, -0.15) is 5.10 Å². The predicted octanol–water partition coefficient (Wildman–Crippen LogP) is 3.88. The molecule has 1 unspecified atom stereocenters. The van der Waals surface area contributed by atoms with Crippen LogP contribution in [0.3, 0.4) is 0 Å². The van der Waals surface area contributed by atoms with Crippen molar-refractivity contribution >= 4 is 17.6 Å². The molecule has 1 saturated carbocycles. The van der Waals surface area contributed by atoms with Crippen LogP contribution in [0.5, 0.6) is 0 Å². The molecule has 2 atom stereocenters. The van der Waals surface area contributed by atoms with Crippen LogP contribution in [-0.2, 0) is 9.53 Å². The Bertz CT molecular complexity index is 989. The Morgan fingerprint density at radius 3 is 2.58 bits per heavy atom. The van der Waals surface area contributed by atoms with Gasteiger partial charge in [-0.3, -0.25) is 4.79 Å². The normalized spacial score (nSPS) is 20.5. The molecule has 2 aromatic rings. The van der Waals surface area contributed by atoms with Crippen LogP contribution < -0.4 is 5.32 Å². The number of alkyl carbamates (subject to hydrolysis) is 1. The van der Waals surface area contributed by atoms with Crippen molar-refractivity contribution in [2.75, 3.05) is 6.54 Å². The van der Waals surface area contributed by atoms with Gasteiger partial charge in [0.2, 0.25) is 5.91 Å². The number of ether oxygens (including phenoxy) is 1. The zero-order valence-corrected chi connectivity index (χ0v) is 19.1. The Kier molecular flexibility index (Phi) is 5.66. The third-order valence-electron chi connectivity index (χ3n) is 5.87. The van der Waals surface area contributed by atoms with Gasteiger partial charge in [0.05, 0.1) is 11.7 Å². The van der Waals surface area contributed by atoms with E-state index in [4.69, 9.17) is 14.8 Å². The molecule has 2 aromatic heterocycles.